The number of amides is 1. The summed E-state index contributed by atoms with van der Waals surface area (Å²) < 4.78 is 30.0. The first-order valence-electron chi connectivity index (χ1n) is 35.9. The molecular formula is C77H90Br2Cl2FN23O13Zn. The number of nitro benzene ring substituents is 1. The van der Waals surface area contributed by atoms with Crippen LogP contribution in [0.4, 0.5) is 55.1 Å². The van der Waals surface area contributed by atoms with Gasteiger partial charge in [-0.3, -0.25) is 43.3 Å². The SMILES string of the molecule is CC.CCO.CCOC(=O)C=O.Cc1ccc(C=O)cc1[N+](=O)[O-].ClCCl.Nc1cc(Br)cnc1N.O=C1C=Nc2ncc(Br)cc2C1.[2H]CF.[C-]#N.[C-]#N.[C-]#[N+]c1cnc2c(c1)CC(=O)C=N2.[C-]#[N+]c1cnc2ncc(=O)n(CCN3CCC(N)CC3)c2c1.[C-]#[N+]c1cnc2ncc(=O)n(CCN3CCC(NC(=O)OC(C)(C)C)CC3)c2c1.[Zn+2]. The quantitative estimate of drug-likeness (QED) is 0.0117. The van der Waals surface area contributed by atoms with Crippen LogP contribution < -0.4 is 33.6 Å². The summed E-state index contributed by atoms with van der Waals surface area (Å²) in [5.41, 5.74) is 22.2. The average molecular weight is 1860 g/mol. The van der Waals surface area contributed by atoms with Crippen LogP contribution in [-0.4, -0.2) is 195 Å². The Morgan fingerprint density at radius 3 is 1.53 bits per heavy atom. The fourth-order valence-corrected chi connectivity index (χ4v) is 10.6. The Bertz CT molecular complexity index is 4960. The van der Waals surface area contributed by atoms with Crippen LogP contribution >= 0.6 is 55.1 Å². The second-order valence-corrected chi connectivity index (χ2v) is 26.9. The van der Waals surface area contributed by atoms with Gasteiger partial charge in [-0.05, 0) is 148 Å². The number of likely N-dealkylation sites (tertiary alicyclic amines) is 2. The summed E-state index contributed by atoms with van der Waals surface area (Å²) in [6.07, 6.45) is 17.5. The van der Waals surface area contributed by atoms with E-state index in [1.54, 1.807) is 78.7 Å². The summed E-state index contributed by atoms with van der Waals surface area (Å²) in [5.74, 6) is 0.754. The molecule has 36 nitrogen and oxygen atoms in total. The second-order valence-electron chi connectivity index (χ2n) is 24.3. The van der Waals surface area contributed by atoms with Gasteiger partial charge in [-0.2, -0.15) is 0 Å². The minimum absolute atomic E-state index is 0. The van der Waals surface area contributed by atoms with Crippen LogP contribution in [0.3, 0.4) is 0 Å². The van der Waals surface area contributed by atoms with Crippen molar-refractivity contribution in [1.29, 1.82) is 10.5 Å². The number of carbonyl (C=O) groups is 6. The summed E-state index contributed by atoms with van der Waals surface area (Å²) in [4.78, 5) is 148. The number of esters is 1. The molecule has 0 atom stereocenters. The van der Waals surface area contributed by atoms with Gasteiger partial charge >= 0.3 is 31.5 Å². The van der Waals surface area contributed by atoms with Crippen LogP contribution in [0.5, 0.6) is 0 Å². The van der Waals surface area contributed by atoms with Crippen LogP contribution in [0.2, 0.25) is 0 Å². The van der Waals surface area contributed by atoms with Crippen molar-refractivity contribution in [1.82, 2.24) is 59.1 Å². The van der Waals surface area contributed by atoms with Crippen molar-refractivity contribution in [2.75, 3.05) is 76.4 Å². The molecule has 1 amide bonds. The summed E-state index contributed by atoms with van der Waals surface area (Å²) in [6, 6.07) is 13.3. The second kappa shape index (κ2) is 61.7. The number of aryl methyl sites for hydroxylation is 1. The normalized spacial score (nSPS) is 12.6. The number of carbonyl (C=O) groups excluding carboxylic acids is 6. The van der Waals surface area contributed by atoms with Crippen LogP contribution in [0.1, 0.15) is 103 Å². The number of halogens is 5. The molecule has 7 aromatic heterocycles. The van der Waals surface area contributed by atoms with Crippen LogP contribution in [0, 0.1) is 60.4 Å². The number of fused-ring (bicyclic) bond motifs is 4. The average Bonchev–Trinajstić information content (AvgIpc) is 0.717. The Labute approximate surface area is 728 Å². The van der Waals surface area contributed by atoms with Crippen molar-refractivity contribution >= 4 is 172 Å². The molecule has 0 spiro atoms. The van der Waals surface area contributed by atoms with Crippen molar-refractivity contribution in [3.63, 3.8) is 0 Å². The molecule has 0 unspecified atom stereocenters. The summed E-state index contributed by atoms with van der Waals surface area (Å²) in [6.45, 7) is 51.6. The molecular weight excluding hydrogens is 1770 g/mol. The van der Waals surface area contributed by atoms with E-state index in [4.69, 9.17) is 95.0 Å². The number of nitrogens with one attached hydrogen (secondary N) is 1. The van der Waals surface area contributed by atoms with Crippen molar-refractivity contribution in [2.45, 2.75) is 125 Å². The Morgan fingerprint density at radius 1 is 0.714 bits per heavy atom. The molecule has 4 aliphatic rings. The minimum Gasteiger partial charge on any atom is -0.512 e. The zero-order chi connectivity index (χ0) is 90.2. The fourth-order valence-electron chi connectivity index (χ4n) is 9.88. The number of aliphatic hydroxyl groups excluding tert-OH is 1. The smallest absolute Gasteiger partial charge is 0.512 e. The predicted octanol–water partition coefficient (Wildman–Crippen LogP) is 11.9. The molecule has 11 heterocycles. The third-order valence-corrected chi connectivity index (χ3v) is 15.9. The number of nitro groups is 1. The van der Waals surface area contributed by atoms with E-state index >= 15 is 0 Å². The molecule has 42 heteroatoms. The Kier molecular flexibility index (Phi) is 55.7. The Balaban J connectivity index is 0. The number of benzene rings is 1. The number of aliphatic imine (C=N–C) groups is 2. The summed E-state index contributed by atoms with van der Waals surface area (Å²) >= 11 is 16.0. The monoisotopic (exact) mass is 1860 g/mol. The van der Waals surface area contributed by atoms with Gasteiger partial charge in [0.1, 0.15) is 17.7 Å². The number of ketones is 2. The van der Waals surface area contributed by atoms with Crippen molar-refractivity contribution in [2.24, 2.45) is 15.7 Å². The maximum atomic E-state index is 12.3. The number of Topliss-reactive ketones (excluding diaryl/α,β-unsaturated/α-hetero) is 2. The number of hydrogen-bond donors (Lipinski definition) is 5. The standard InChI is InChI=1S/C20H26N6O3.C15H18N6O.C9H5N3O.C8H5BrN2O.C8H7NO3.C5H6BrN3.C4H6O3.C2H6O.C2H6.CH2Cl2.CH3F.2CN.Zn/c1-20(2,3)29-19(28)24-14-5-7-25(8-6-14)9-10-26-16-11-15(21-4)12-22-18(16)23-13-17(26)27;1-17-12-8-13-15(18-9-12)19-10-14(22)21(13)7-6-20-4-2-11(16)3-5-20;1-10-7-2-6-3-8(13)5-12-9(6)11-4-7;9-6-1-5-2-7(12)4-11-8(5)10-3-6;1-6-2-3-7(5-10)4-8(6)9(11)12;6-3-1-4(7)5(8)9-2-3;1-2-7-4(6)3-5;1-2-3;1-2;2-1-3;3*1-2;/h11-14H,5-10H2,1-3H3,(H,24,28);8-11H,2-7,16H2;2,4-5H,3H2;1,3-4H,2H2;2-5H,1H3;1-2H,7H2,(H2,8,9);3H,2H2,1H3;3H,2H2,1H3;1-2H3;1H2;1H3;;;/q;;;;;;;;;;;2*-1;+2/i;;;;;;;;;;1D;;;. The minimum atomic E-state index is -1.00. The Hall–Kier alpha value is -11.6. The molecule has 2 fully saturated rings. The van der Waals surface area contributed by atoms with Crippen LogP contribution in [0.15, 0.2) is 120 Å². The van der Waals surface area contributed by atoms with Gasteiger partial charge in [-0.25, -0.2) is 69.0 Å². The van der Waals surface area contributed by atoms with E-state index in [-0.39, 0.29) is 84.8 Å². The largest absolute Gasteiger partial charge is 2.00 e. The zero-order valence-electron chi connectivity index (χ0n) is 67.5. The number of nitrogens with zero attached hydrogens (tertiary/aromatic N) is 19. The first-order chi connectivity index (χ1) is 56.9. The van der Waals surface area contributed by atoms with Gasteiger partial charge in [-0.1, -0.05) is 26.0 Å². The van der Waals surface area contributed by atoms with Crippen molar-refractivity contribution < 1.29 is 73.5 Å². The van der Waals surface area contributed by atoms with E-state index in [2.05, 4.69) is 111 Å². The molecule has 0 aliphatic carbocycles. The van der Waals surface area contributed by atoms with E-state index in [1.165, 1.54) is 49.5 Å². The molecule has 2 saturated heterocycles. The summed E-state index contributed by atoms with van der Waals surface area (Å²) in [5, 5.41) is 33.6. The number of ether oxygens (including phenoxy) is 2. The predicted molar refractivity (Wildman–Crippen MR) is 453 cm³/mol. The number of anilines is 2. The van der Waals surface area contributed by atoms with E-state index < -0.39 is 23.6 Å². The fraction of sp³-hybridized carbons (Fsp3) is 0.377. The topological polar surface area (TPSA) is 500 Å². The third kappa shape index (κ3) is 41.9. The number of aliphatic hydroxyl groups is 1. The van der Waals surface area contributed by atoms with E-state index in [0.29, 0.717) is 118 Å². The van der Waals surface area contributed by atoms with E-state index in [1.807, 2.05) is 40.7 Å². The molecule has 1 aromatic carbocycles. The maximum absolute atomic E-state index is 12.3. The molecule has 4 aliphatic heterocycles. The van der Waals surface area contributed by atoms with Gasteiger partial charge < -0.3 is 79.7 Å². The number of hydrogen-bond acceptors (Lipinski definition) is 29. The summed E-state index contributed by atoms with van der Waals surface area (Å²) in [7, 11) is -1.00. The number of pyridine rings is 5. The number of aromatic nitrogens is 9. The van der Waals surface area contributed by atoms with Gasteiger partial charge in [0.05, 0.1) is 86.7 Å². The van der Waals surface area contributed by atoms with E-state index in [0.717, 1.165) is 78.5 Å². The molecule has 0 radical (unpaired) electrons. The van der Waals surface area contributed by atoms with Gasteiger partial charge in [0, 0.05) is 133 Å². The molecule has 8 N–H and O–H groups in total. The molecule has 0 bridgehead atoms. The number of rotatable bonds is 11. The number of nitrogen functional groups attached to an aromatic ring is 2. The maximum Gasteiger partial charge on any atom is 2.00 e. The van der Waals surface area contributed by atoms with Crippen LogP contribution in [0.25, 0.3) is 36.9 Å². The number of piperidine rings is 2. The number of alkyl halides is 3. The molecule has 119 heavy (non-hydrogen) atoms. The van der Waals surface area contributed by atoms with Gasteiger partial charge in [0.15, 0.2) is 34.5 Å². The van der Waals surface area contributed by atoms with Crippen LogP contribution in [-0.2, 0) is 74.1 Å². The number of alkyl carbamates (subject to hydrolysis) is 1. The van der Waals surface area contributed by atoms with Gasteiger partial charge in [-0.15, -0.1) is 23.2 Å². The molecule has 628 valence electrons. The van der Waals surface area contributed by atoms with Gasteiger partial charge in [0.25, 0.3) is 16.8 Å². The van der Waals surface area contributed by atoms with E-state index in [9.17, 15) is 52.9 Å². The van der Waals surface area contributed by atoms with Gasteiger partial charge in [0.2, 0.25) is 23.3 Å². The zero-order valence-corrected chi connectivity index (χ0v) is 74.2. The first kappa shape index (κ1) is 107. The molecule has 0 saturated carbocycles. The number of nitrogens with two attached hydrogens (primary N) is 3. The molecule has 8 aromatic rings. The number of aldehydes is 2. The molecule has 12 rings (SSSR count). The Morgan fingerprint density at radius 2 is 1.13 bits per heavy atom. The first-order valence-corrected chi connectivity index (χ1v) is 37.8. The van der Waals surface area contributed by atoms with Crippen molar-refractivity contribution in [3.05, 3.63) is 201 Å². The van der Waals surface area contributed by atoms with Crippen molar-refractivity contribution in [3.8, 4) is 0 Å². The third-order valence-electron chi connectivity index (χ3n) is 15.1.